The molecule has 1 amide bonds. The van der Waals surface area contributed by atoms with Gasteiger partial charge in [0.25, 0.3) is 0 Å². The quantitative estimate of drug-likeness (QED) is 0.673. The zero-order chi connectivity index (χ0) is 9.54. The van der Waals surface area contributed by atoms with Crippen molar-refractivity contribution in [3.63, 3.8) is 0 Å². The van der Waals surface area contributed by atoms with Crippen LogP contribution in [0.5, 0.6) is 11.5 Å². The Bertz CT molecular complexity index is 394. The number of amides is 1. The third-order valence-corrected chi connectivity index (χ3v) is 2.52. The van der Waals surface area contributed by atoms with Crippen molar-refractivity contribution in [2.75, 3.05) is 6.79 Å². The molecule has 1 fully saturated rings. The van der Waals surface area contributed by atoms with Crippen LogP contribution in [0.2, 0.25) is 0 Å². The van der Waals surface area contributed by atoms with Crippen LogP contribution in [0.15, 0.2) is 18.2 Å². The van der Waals surface area contributed by atoms with E-state index in [-0.39, 0.29) is 18.7 Å². The minimum absolute atomic E-state index is 0.104. The number of carbonyl (C=O) groups is 1. The van der Waals surface area contributed by atoms with Gasteiger partial charge in [-0.2, -0.15) is 0 Å². The predicted molar refractivity (Wildman–Crippen MR) is 48.1 cm³/mol. The van der Waals surface area contributed by atoms with E-state index in [1.807, 2.05) is 18.2 Å². The van der Waals surface area contributed by atoms with Crippen molar-refractivity contribution >= 4 is 5.91 Å². The standard InChI is InChI=1S/C10H9NO3/c12-10-4-7(11-10)6-1-2-8-9(3-6)14-5-13-8/h1-3,7H,4-5H2,(H,11,12). The first-order chi connectivity index (χ1) is 6.83. The van der Waals surface area contributed by atoms with Gasteiger partial charge in [-0.1, -0.05) is 6.07 Å². The fourth-order valence-electron chi connectivity index (χ4n) is 1.69. The number of ether oxygens (including phenoxy) is 2. The van der Waals surface area contributed by atoms with E-state index in [2.05, 4.69) is 5.32 Å². The molecule has 0 aliphatic carbocycles. The van der Waals surface area contributed by atoms with Crippen LogP contribution in [0.4, 0.5) is 0 Å². The number of carbonyl (C=O) groups excluding carboxylic acids is 1. The molecule has 1 saturated heterocycles. The van der Waals surface area contributed by atoms with Crippen LogP contribution in [-0.4, -0.2) is 12.7 Å². The number of nitrogens with one attached hydrogen (secondary N) is 1. The van der Waals surface area contributed by atoms with Crippen LogP contribution >= 0.6 is 0 Å². The number of fused-ring (bicyclic) bond motifs is 1. The lowest BCUT2D eigenvalue weighted by atomic mass is 9.97. The zero-order valence-electron chi connectivity index (χ0n) is 7.45. The lowest BCUT2D eigenvalue weighted by molar-refractivity contribution is -0.128. The van der Waals surface area contributed by atoms with Gasteiger partial charge in [0.1, 0.15) is 0 Å². The lowest BCUT2D eigenvalue weighted by Gasteiger charge is -2.27. The van der Waals surface area contributed by atoms with Crippen molar-refractivity contribution in [2.45, 2.75) is 12.5 Å². The molecule has 4 nitrogen and oxygen atoms in total. The van der Waals surface area contributed by atoms with Gasteiger partial charge < -0.3 is 14.8 Å². The summed E-state index contributed by atoms with van der Waals surface area (Å²) in [7, 11) is 0. The van der Waals surface area contributed by atoms with Crippen LogP contribution in [-0.2, 0) is 4.79 Å². The van der Waals surface area contributed by atoms with Crippen molar-refractivity contribution in [3.05, 3.63) is 23.8 Å². The van der Waals surface area contributed by atoms with Crippen LogP contribution in [0.25, 0.3) is 0 Å². The van der Waals surface area contributed by atoms with Gasteiger partial charge in [-0.25, -0.2) is 0 Å². The van der Waals surface area contributed by atoms with Crippen molar-refractivity contribution in [1.29, 1.82) is 0 Å². The molecule has 0 saturated carbocycles. The van der Waals surface area contributed by atoms with Gasteiger partial charge in [-0.3, -0.25) is 4.79 Å². The van der Waals surface area contributed by atoms with E-state index in [1.165, 1.54) is 0 Å². The summed E-state index contributed by atoms with van der Waals surface area (Å²) in [6.07, 6.45) is 0.569. The van der Waals surface area contributed by atoms with Crippen LogP contribution in [0, 0.1) is 0 Å². The van der Waals surface area contributed by atoms with E-state index in [1.54, 1.807) is 0 Å². The summed E-state index contributed by atoms with van der Waals surface area (Å²) in [5, 5.41) is 2.81. The van der Waals surface area contributed by atoms with Crippen molar-refractivity contribution < 1.29 is 14.3 Å². The molecule has 1 atom stereocenters. The van der Waals surface area contributed by atoms with E-state index in [0.29, 0.717) is 6.42 Å². The maximum atomic E-state index is 10.7. The largest absolute Gasteiger partial charge is 0.454 e. The summed E-state index contributed by atoms with van der Waals surface area (Å²) in [5.74, 6) is 1.65. The van der Waals surface area contributed by atoms with Gasteiger partial charge in [0.05, 0.1) is 12.5 Å². The number of hydrogen-bond acceptors (Lipinski definition) is 3. The van der Waals surface area contributed by atoms with Gasteiger partial charge in [0.15, 0.2) is 11.5 Å². The predicted octanol–water partition coefficient (Wildman–Crippen LogP) is 0.976. The number of rotatable bonds is 1. The van der Waals surface area contributed by atoms with Crippen molar-refractivity contribution in [1.82, 2.24) is 5.32 Å². The maximum Gasteiger partial charge on any atom is 0.231 e. The second-order valence-electron chi connectivity index (χ2n) is 3.44. The average Bonchev–Trinajstić information content (AvgIpc) is 2.59. The molecule has 4 heteroatoms. The Hall–Kier alpha value is -1.71. The molecule has 1 N–H and O–H groups in total. The third kappa shape index (κ3) is 1.04. The highest BCUT2D eigenvalue weighted by molar-refractivity contribution is 5.83. The van der Waals surface area contributed by atoms with E-state index in [4.69, 9.17) is 9.47 Å². The first kappa shape index (κ1) is 7.67. The molecule has 2 heterocycles. The smallest absolute Gasteiger partial charge is 0.231 e. The van der Waals surface area contributed by atoms with Crippen LogP contribution < -0.4 is 14.8 Å². The van der Waals surface area contributed by atoms with Gasteiger partial charge in [0.2, 0.25) is 12.7 Å². The molecule has 0 spiro atoms. The lowest BCUT2D eigenvalue weighted by Crippen LogP contribution is -2.41. The number of β-lactam (4-membered cyclic amide) rings is 1. The summed E-state index contributed by atoms with van der Waals surface area (Å²) in [6, 6.07) is 5.91. The summed E-state index contributed by atoms with van der Waals surface area (Å²) in [5.41, 5.74) is 1.08. The number of hydrogen-bond donors (Lipinski definition) is 1. The van der Waals surface area contributed by atoms with Crippen LogP contribution in [0.1, 0.15) is 18.0 Å². The molecular weight excluding hydrogens is 182 g/mol. The van der Waals surface area contributed by atoms with E-state index >= 15 is 0 Å². The van der Waals surface area contributed by atoms with E-state index in [0.717, 1.165) is 17.1 Å². The average molecular weight is 191 g/mol. The fourth-order valence-corrected chi connectivity index (χ4v) is 1.69. The minimum Gasteiger partial charge on any atom is -0.454 e. The van der Waals surface area contributed by atoms with E-state index < -0.39 is 0 Å². The summed E-state index contributed by atoms with van der Waals surface area (Å²) in [6.45, 7) is 0.288. The molecule has 14 heavy (non-hydrogen) atoms. The van der Waals surface area contributed by atoms with Gasteiger partial charge in [-0.05, 0) is 17.7 Å². The SMILES string of the molecule is O=C1CC(c2ccc3c(c2)OCO3)N1. The molecular formula is C10H9NO3. The summed E-state index contributed by atoms with van der Waals surface area (Å²) < 4.78 is 10.4. The molecule has 1 aromatic rings. The Labute approximate surface area is 80.8 Å². The molecule has 1 aromatic carbocycles. The normalized spacial score (nSPS) is 22.9. The van der Waals surface area contributed by atoms with Gasteiger partial charge in [-0.15, -0.1) is 0 Å². The van der Waals surface area contributed by atoms with Gasteiger partial charge in [0, 0.05) is 0 Å². The second-order valence-corrected chi connectivity index (χ2v) is 3.44. The summed E-state index contributed by atoms with van der Waals surface area (Å²) >= 11 is 0. The maximum absolute atomic E-state index is 10.7. The summed E-state index contributed by atoms with van der Waals surface area (Å²) in [4.78, 5) is 10.7. The molecule has 1 unspecified atom stereocenters. The Morgan fingerprint density at radius 3 is 2.86 bits per heavy atom. The first-order valence-corrected chi connectivity index (χ1v) is 4.52. The Morgan fingerprint density at radius 1 is 1.29 bits per heavy atom. The zero-order valence-corrected chi connectivity index (χ0v) is 7.45. The minimum atomic E-state index is 0.104. The van der Waals surface area contributed by atoms with Gasteiger partial charge >= 0.3 is 0 Å². The fraction of sp³-hybridized carbons (Fsp3) is 0.300. The molecule has 2 aliphatic rings. The third-order valence-electron chi connectivity index (χ3n) is 2.52. The molecule has 0 aromatic heterocycles. The topological polar surface area (TPSA) is 47.6 Å². The van der Waals surface area contributed by atoms with Crippen molar-refractivity contribution in [3.8, 4) is 11.5 Å². The van der Waals surface area contributed by atoms with E-state index in [9.17, 15) is 4.79 Å². The monoisotopic (exact) mass is 191 g/mol. The Morgan fingerprint density at radius 2 is 2.07 bits per heavy atom. The molecule has 3 rings (SSSR count). The molecule has 72 valence electrons. The van der Waals surface area contributed by atoms with Crippen LogP contribution in [0.3, 0.4) is 0 Å². The first-order valence-electron chi connectivity index (χ1n) is 4.52. The highest BCUT2D eigenvalue weighted by Crippen LogP contribution is 2.36. The molecule has 0 radical (unpaired) electrons. The second kappa shape index (κ2) is 2.64. The number of benzene rings is 1. The Balaban J connectivity index is 1.89. The highest BCUT2D eigenvalue weighted by atomic mass is 16.7. The highest BCUT2D eigenvalue weighted by Gasteiger charge is 2.28. The molecule has 0 bridgehead atoms. The van der Waals surface area contributed by atoms with Crippen molar-refractivity contribution in [2.24, 2.45) is 0 Å². The molecule has 2 aliphatic heterocycles. The Kier molecular flexibility index (Phi) is 1.45.